The molecule has 0 saturated heterocycles. The molecule has 0 aliphatic carbocycles. The van der Waals surface area contributed by atoms with Gasteiger partial charge in [0.2, 0.25) is 0 Å². The summed E-state index contributed by atoms with van der Waals surface area (Å²) in [5, 5.41) is 21.3. The van der Waals surface area contributed by atoms with E-state index in [9.17, 15) is 10.2 Å². The van der Waals surface area contributed by atoms with Crippen molar-refractivity contribution >= 4 is 23.2 Å². The van der Waals surface area contributed by atoms with Gasteiger partial charge in [-0.15, -0.1) is 0 Å². The highest BCUT2D eigenvalue weighted by molar-refractivity contribution is 6.30. The lowest BCUT2D eigenvalue weighted by Gasteiger charge is -2.18. The van der Waals surface area contributed by atoms with E-state index in [2.05, 4.69) is 0 Å². The molecule has 0 aliphatic heterocycles. The number of hydrogen-bond acceptors (Lipinski definition) is 2. The fraction of sp³-hybridized carbons (Fsp3) is 0.143. The van der Waals surface area contributed by atoms with Gasteiger partial charge in [-0.25, -0.2) is 0 Å². The predicted octanol–water partition coefficient (Wildman–Crippen LogP) is 3.76. The summed E-state index contributed by atoms with van der Waals surface area (Å²) in [5.74, 6) is 0. The molecule has 2 aromatic carbocycles. The van der Waals surface area contributed by atoms with Gasteiger partial charge in [0.05, 0.1) is 0 Å². The van der Waals surface area contributed by atoms with Gasteiger partial charge in [-0.05, 0) is 35.4 Å². The van der Waals surface area contributed by atoms with E-state index in [0.29, 0.717) is 21.2 Å². The monoisotopic (exact) mass is 282 g/mol. The van der Waals surface area contributed by atoms with Crippen LogP contribution in [-0.2, 0) is 0 Å². The van der Waals surface area contributed by atoms with E-state index in [1.54, 1.807) is 48.5 Å². The molecule has 0 aliphatic rings. The van der Waals surface area contributed by atoms with Crippen molar-refractivity contribution in [1.29, 1.82) is 0 Å². The Balaban J connectivity index is 2.20. The zero-order valence-corrected chi connectivity index (χ0v) is 10.9. The van der Waals surface area contributed by atoms with Gasteiger partial charge in [0.25, 0.3) is 0 Å². The Morgan fingerprint density at radius 2 is 0.889 bits per heavy atom. The summed E-state index contributed by atoms with van der Waals surface area (Å²) in [5.41, 5.74) is 1.23. The maximum Gasteiger partial charge on any atom is 0.109 e. The Morgan fingerprint density at radius 3 is 1.17 bits per heavy atom. The molecule has 0 heterocycles. The summed E-state index contributed by atoms with van der Waals surface area (Å²) in [6.45, 7) is 0. The molecule has 0 fully saturated rings. The van der Waals surface area contributed by atoms with Crippen molar-refractivity contribution in [3.63, 3.8) is 0 Å². The van der Waals surface area contributed by atoms with Gasteiger partial charge in [0.1, 0.15) is 12.2 Å². The zero-order chi connectivity index (χ0) is 13.1. The van der Waals surface area contributed by atoms with Crippen LogP contribution < -0.4 is 0 Å². The topological polar surface area (TPSA) is 40.5 Å². The number of aliphatic hydroxyl groups is 2. The zero-order valence-electron chi connectivity index (χ0n) is 9.42. The molecule has 0 saturated carbocycles. The second-order valence-corrected chi connectivity index (χ2v) is 4.87. The van der Waals surface area contributed by atoms with Gasteiger partial charge >= 0.3 is 0 Å². The molecule has 2 N–H and O–H groups in total. The molecule has 4 heteroatoms. The van der Waals surface area contributed by atoms with Crippen molar-refractivity contribution in [1.82, 2.24) is 0 Å². The quantitative estimate of drug-likeness (QED) is 0.900. The first-order valence-corrected chi connectivity index (χ1v) is 6.20. The first kappa shape index (κ1) is 13.4. The molecule has 18 heavy (non-hydrogen) atoms. The second kappa shape index (κ2) is 5.72. The van der Waals surface area contributed by atoms with Crippen LogP contribution in [0.15, 0.2) is 48.5 Å². The molecule has 0 radical (unpaired) electrons. The van der Waals surface area contributed by atoms with Gasteiger partial charge in [-0.1, -0.05) is 47.5 Å². The van der Waals surface area contributed by atoms with Gasteiger partial charge in [-0.2, -0.15) is 0 Å². The van der Waals surface area contributed by atoms with Crippen LogP contribution in [0.4, 0.5) is 0 Å². The minimum atomic E-state index is -0.997. The first-order chi connectivity index (χ1) is 8.58. The molecule has 2 aromatic rings. The standard InChI is InChI=1S/C14H12Cl2O2/c15-11-5-1-9(2-6-11)13(17)14(18)10-3-7-12(16)8-4-10/h1-8,13-14,17-18H. The van der Waals surface area contributed by atoms with Crippen LogP contribution in [0, 0.1) is 0 Å². The Hall–Kier alpha value is -1.06. The van der Waals surface area contributed by atoms with Crippen molar-refractivity contribution in [2.24, 2.45) is 0 Å². The summed E-state index contributed by atoms with van der Waals surface area (Å²) in [6.07, 6.45) is -1.99. The molecule has 2 nitrogen and oxygen atoms in total. The summed E-state index contributed by atoms with van der Waals surface area (Å²) in [6, 6.07) is 13.4. The maximum absolute atomic E-state index is 10.1. The molecule has 94 valence electrons. The second-order valence-electron chi connectivity index (χ2n) is 3.99. The smallest absolute Gasteiger partial charge is 0.109 e. The van der Waals surface area contributed by atoms with E-state index in [-0.39, 0.29) is 0 Å². The van der Waals surface area contributed by atoms with Crippen LogP contribution in [0.5, 0.6) is 0 Å². The number of aliphatic hydroxyl groups excluding tert-OH is 2. The molecule has 2 atom stereocenters. The van der Waals surface area contributed by atoms with E-state index < -0.39 is 12.2 Å². The highest BCUT2D eigenvalue weighted by Gasteiger charge is 2.19. The predicted molar refractivity (Wildman–Crippen MR) is 72.8 cm³/mol. The first-order valence-electron chi connectivity index (χ1n) is 5.45. The molecule has 2 unspecified atom stereocenters. The SMILES string of the molecule is OC(c1ccc(Cl)cc1)C(O)c1ccc(Cl)cc1. The number of rotatable bonds is 3. The third-order valence-corrected chi connectivity index (χ3v) is 3.23. The minimum Gasteiger partial charge on any atom is -0.385 e. The van der Waals surface area contributed by atoms with Gasteiger partial charge in [0, 0.05) is 10.0 Å². The van der Waals surface area contributed by atoms with Crippen LogP contribution in [0.3, 0.4) is 0 Å². The molecule has 0 spiro atoms. The highest BCUT2D eigenvalue weighted by atomic mass is 35.5. The molecular formula is C14H12Cl2O2. The van der Waals surface area contributed by atoms with E-state index in [1.165, 1.54) is 0 Å². The molecule has 0 amide bonds. The third-order valence-electron chi connectivity index (χ3n) is 2.72. The number of halogens is 2. The Bertz CT molecular complexity index is 459. The van der Waals surface area contributed by atoms with Crippen molar-refractivity contribution in [2.45, 2.75) is 12.2 Å². The third kappa shape index (κ3) is 3.03. The Labute approximate surface area is 115 Å². The van der Waals surface area contributed by atoms with Gasteiger partial charge < -0.3 is 10.2 Å². The fourth-order valence-corrected chi connectivity index (χ4v) is 1.94. The highest BCUT2D eigenvalue weighted by Crippen LogP contribution is 2.29. The van der Waals surface area contributed by atoms with Gasteiger partial charge in [0.15, 0.2) is 0 Å². The molecule has 0 bridgehead atoms. The van der Waals surface area contributed by atoms with Crippen molar-refractivity contribution < 1.29 is 10.2 Å². The average molecular weight is 283 g/mol. The lowest BCUT2D eigenvalue weighted by molar-refractivity contribution is 0.0172. The number of benzene rings is 2. The van der Waals surface area contributed by atoms with E-state index in [0.717, 1.165) is 0 Å². The minimum absolute atomic E-state index is 0.590. The largest absolute Gasteiger partial charge is 0.385 e. The van der Waals surface area contributed by atoms with Crippen LogP contribution in [0.1, 0.15) is 23.3 Å². The fourth-order valence-electron chi connectivity index (χ4n) is 1.68. The van der Waals surface area contributed by atoms with Crippen molar-refractivity contribution in [3.05, 3.63) is 69.7 Å². The van der Waals surface area contributed by atoms with E-state index >= 15 is 0 Å². The number of hydrogen-bond donors (Lipinski definition) is 2. The van der Waals surface area contributed by atoms with E-state index in [4.69, 9.17) is 23.2 Å². The molecular weight excluding hydrogens is 271 g/mol. The van der Waals surface area contributed by atoms with Crippen LogP contribution in [-0.4, -0.2) is 10.2 Å². The summed E-state index contributed by atoms with van der Waals surface area (Å²) in [4.78, 5) is 0. The summed E-state index contributed by atoms with van der Waals surface area (Å²) in [7, 11) is 0. The normalized spacial score (nSPS) is 14.2. The van der Waals surface area contributed by atoms with Crippen molar-refractivity contribution in [2.75, 3.05) is 0 Å². The maximum atomic E-state index is 10.1. The van der Waals surface area contributed by atoms with E-state index in [1.807, 2.05) is 0 Å². The Kier molecular flexibility index (Phi) is 4.25. The summed E-state index contributed by atoms with van der Waals surface area (Å²) >= 11 is 11.5. The average Bonchev–Trinajstić information content (AvgIpc) is 2.39. The lowest BCUT2D eigenvalue weighted by Crippen LogP contribution is -2.10. The lowest BCUT2D eigenvalue weighted by atomic mass is 9.98. The van der Waals surface area contributed by atoms with Gasteiger partial charge in [-0.3, -0.25) is 0 Å². The Morgan fingerprint density at radius 1 is 0.611 bits per heavy atom. The van der Waals surface area contributed by atoms with Crippen molar-refractivity contribution in [3.8, 4) is 0 Å². The van der Waals surface area contributed by atoms with Crippen LogP contribution in [0.25, 0.3) is 0 Å². The molecule has 0 aromatic heterocycles. The van der Waals surface area contributed by atoms with Crippen LogP contribution >= 0.6 is 23.2 Å². The van der Waals surface area contributed by atoms with Crippen LogP contribution in [0.2, 0.25) is 10.0 Å². The molecule has 2 rings (SSSR count). The summed E-state index contributed by atoms with van der Waals surface area (Å²) < 4.78 is 0.